The number of rotatable bonds is 4. The Morgan fingerprint density at radius 3 is 2.30 bits per heavy atom. The van der Waals surface area contributed by atoms with Crippen LogP contribution < -0.4 is 15.4 Å². The van der Waals surface area contributed by atoms with E-state index in [1.807, 2.05) is 12.1 Å². The molecule has 1 aromatic carbocycles. The normalized spacial score (nSPS) is 16.7. The van der Waals surface area contributed by atoms with Gasteiger partial charge in [0.15, 0.2) is 0 Å². The molecule has 0 spiro atoms. The summed E-state index contributed by atoms with van der Waals surface area (Å²) < 4.78 is 5.43. The van der Waals surface area contributed by atoms with Crippen LogP contribution in [0.2, 0.25) is 0 Å². The van der Waals surface area contributed by atoms with Crippen molar-refractivity contribution in [2.75, 3.05) is 44.7 Å². The van der Waals surface area contributed by atoms with E-state index in [9.17, 15) is 0 Å². The number of hydrogen-bond donors (Lipinski definition) is 1. The van der Waals surface area contributed by atoms with E-state index in [1.54, 1.807) is 7.11 Å². The van der Waals surface area contributed by atoms with Gasteiger partial charge >= 0.3 is 0 Å². The molecule has 1 aliphatic rings. The van der Waals surface area contributed by atoms with Crippen LogP contribution in [-0.2, 0) is 0 Å². The molecule has 0 radical (unpaired) electrons. The number of anilines is 1. The lowest BCUT2D eigenvalue weighted by Crippen LogP contribution is -2.53. The Morgan fingerprint density at radius 1 is 1.15 bits per heavy atom. The van der Waals surface area contributed by atoms with Crippen LogP contribution in [-0.4, -0.2) is 50.3 Å². The molecule has 2 N–H and O–H groups in total. The Hall–Kier alpha value is -0.970. The van der Waals surface area contributed by atoms with Crippen LogP contribution in [0.25, 0.3) is 0 Å². The lowest BCUT2D eigenvalue weighted by molar-refractivity contribution is 0.214. The highest BCUT2D eigenvalue weighted by Crippen LogP contribution is 2.28. The highest BCUT2D eigenvalue weighted by molar-refractivity contribution is 5.85. The van der Waals surface area contributed by atoms with E-state index in [0.29, 0.717) is 0 Å². The fourth-order valence-corrected chi connectivity index (χ4v) is 2.61. The number of hydrogen-bond acceptors (Lipinski definition) is 4. The molecule has 1 saturated heterocycles. The minimum absolute atomic E-state index is 0. The summed E-state index contributed by atoms with van der Waals surface area (Å²) in [6.07, 6.45) is 0. The summed E-state index contributed by atoms with van der Waals surface area (Å²) in [5.74, 6) is 0.954. The molecule has 0 aromatic heterocycles. The zero-order chi connectivity index (χ0) is 13.9. The molecule has 0 atom stereocenters. The number of nitrogens with two attached hydrogens (primary N) is 1. The van der Waals surface area contributed by atoms with Gasteiger partial charge in [0, 0.05) is 38.3 Å². The Balaban J connectivity index is 0.00000200. The summed E-state index contributed by atoms with van der Waals surface area (Å²) in [6, 6.07) is 8.22. The van der Waals surface area contributed by atoms with Gasteiger partial charge in [0.05, 0.1) is 12.8 Å². The quantitative estimate of drug-likeness (QED) is 0.923. The largest absolute Gasteiger partial charge is 0.495 e. The van der Waals surface area contributed by atoms with Gasteiger partial charge in [0.2, 0.25) is 0 Å². The van der Waals surface area contributed by atoms with Crippen molar-refractivity contribution in [3.05, 3.63) is 24.3 Å². The third-order valence-electron chi connectivity index (χ3n) is 3.43. The van der Waals surface area contributed by atoms with Crippen LogP contribution in [0.4, 0.5) is 5.69 Å². The van der Waals surface area contributed by atoms with Gasteiger partial charge in [-0.05, 0) is 26.0 Å². The maximum Gasteiger partial charge on any atom is 0.142 e. The monoisotopic (exact) mass is 299 g/mol. The molecule has 2 rings (SSSR count). The van der Waals surface area contributed by atoms with Crippen molar-refractivity contribution in [1.29, 1.82) is 0 Å². The Morgan fingerprint density at radius 2 is 1.75 bits per heavy atom. The molecule has 0 amide bonds. The molecule has 4 nitrogen and oxygen atoms in total. The van der Waals surface area contributed by atoms with Crippen molar-refractivity contribution >= 4 is 18.1 Å². The zero-order valence-electron chi connectivity index (χ0n) is 12.6. The van der Waals surface area contributed by atoms with Gasteiger partial charge in [0.25, 0.3) is 0 Å². The fourth-order valence-electron chi connectivity index (χ4n) is 2.61. The summed E-state index contributed by atoms with van der Waals surface area (Å²) in [6.45, 7) is 9.27. The lowest BCUT2D eigenvalue weighted by atomic mass is 10.1. The van der Waals surface area contributed by atoms with E-state index in [0.717, 1.165) is 38.5 Å². The Bertz CT molecular complexity index is 412. The van der Waals surface area contributed by atoms with E-state index < -0.39 is 0 Å². The topological polar surface area (TPSA) is 41.7 Å². The average Bonchev–Trinajstić information content (AvgIpc) is 2.38. The molecular formula is C15H26ClN3O. The van der Waals surface area contributed by atoms with Crippen molar-refractivity contribution < 1.29 is 4.74 Å². The number of nitrogens with zero attached hydrogens (tertiary/aromatic N) is 2. The standard InChI is InChI=1S/C15H25N3O.ClH/c1-15(2,16)12-17-8-10-18(11-9-17)13-6-4-5-7-14(13)19-3;/h4-7H,8-12,16H2,1-3H3;1H. The third kappa shape index (κ3) is 4.54. The molecular weight excluding hydrogens is 274 g/mol. The van der Waals surface area contributed by atoms with Crippen LogP contribution in [0, 0.1) is 0 Å². The molecule has 1 aliphatic heterocycles. The maximum absolute atomic E-state index is 6.08. The van der Waals surface area contributed by atoms with Crippen molar-refractivity contribution in [3.8, 4) is 5.75 Å². The van der Waals surface area contributed by atoms with Gasteiger partial charge in [-0.2, -0.15) is 0 Å². The summed E-state index contributed by atoms with van der Waals surface area (Å²) in [5.41, 5.74) is 7.16. The molecule has 0 saturated carbocycles. The smallest absolute Gasteiger partial charge is 0.142 e. The van der Waals surface area contributed by atoms with E-state index >= 15 is 0 Å². The fraction of sp³-hybridized carbons (Fsp3) is 0.600. The number of benzene rings is 1. The van der Waals surface area contributed by atoms with Gasteiger partial charge in [-0.25, -0.2) is 0 Å². The molecule has 5 heteroatoms. The van der Waals surface area contributed by atoms with Crippen molar-refractivity contribution in [1.82, 2.24) is 4.90 Å². The van der Waals surface area contributed by atoms with Crippen LogP contribution in [0.15, 0.2) is 24.3 Å². The number of piperazine rings is 1. The first-order chi connectivity index (χ1) is 8.99. The van der Waals surface area contributed by atoms with Crippen LogP contribution in [0.3, 0.4) is 0 Å². The van der Waals surface area contributed by atoms with E-state index in [2.05, 4.69) is 35.8 Å². The third-order valence-corrected chi connectivity index (χ3v) is 3.43. The second kappa shape index (κ2) is 7.16. The predicted molar refractivity (Wildman–Crippen MR) is 87.2 cm³/mol. The van der Waals surface area contributed by atoms with Crippen molar-refractivity contribution in [2.24, 2.45) is 5.73 Å². The first kappa shape index (κ1) is 17.1. The first-order valence-electron chi connectivity index (χ1n) is 6.89. The van der Waals surface area contributed by atoms with Gasteiger partial charge in [0.1, 0.15) is 5.75 Å². The number of para-hydroxylation sites is 2. The molecule has 1 heterocycles. The van der Waals surface area contributed by atoms with E-state index in [1.165, 1.54) is 5.69 Å². The molecule has 0 unspecified atom stereocenters. The van der Waals surface area contributed by atoms with Gasteiger partial charge < -0.3 is 15.4 Å². The lowest BCUT2D eigenvalue weighted by Gasteiger charge is -2.39. The average molecular weight is 300 g/mol. The second-order valence-corrected chi connectivity index (χ2v) is 5.92. The zero-order valence-corrected chi connectivity index (χ0v) is 13.4. The highest BCUT2D eigenvalue weighted by atomic mass is 35.5. The number of methoxy groups -OCH3 is 1. The summed E-state index contributed by atoms with van der Waals surface area (Å²) >= 11 is 0. The minimum atomic E-state index is -0.118. The van der Waals surface area contributed by atoms with Crippen molar-refractivity contribution in [2.45, 2.75) is 19.4 Å². The molecule has 0 bridgehead atoms. The SMILES string of the molecule is COc1ccccc1N1CCN(CC(C)(C)N)CC1.Cl. The van der Waals surface area contributed by atoms with Gasteiger partial charge in [-0.15, -0.1) is 12.4 Å². The Labute approximate surface area is 128 Å². The molecule has 1 fully saturated rings. The maximum atomic E-state index is 6.08. The number of halogens is 1. The van der Waals surface area contributed by atoms with E-state index in [-0.39, 0.29) is 17.9 Å². The molecule has 0 aliphatic carbocycles. The predicted octanol–water partition coefficient (Wildman–Crippen LogP) is 1.98. The van der Waals surface area contributed by atoms with E-state index in [4.69, 9.17) is 10.5 Å². The molecule has 20 heavy (non-hydrogen) atoms. The van der Waals surface area contributed by atoms with Crippen LogP contribution >= 0.6 is 12.4 Å². The van der Waals surface area contributed by atoms with Crippen molar-refractivity contribution in [3.63, 3.8) is 0 Å². The first-order valence-corrected chi connectivity index (χ1v) is 6.89. The molecule has 1 aromatic rings. The number of ether oxygens (including phenoxy) is 1. The summed E-state index contributed by atoms with van der Waals surface area (Å²) in [4.78, 5) is 4.82. The Kier molecular flexibility index (Phi) is 6.11. The highest BCUT2D eigenvalue weighted by Gasteiger charge is 2.23. The van der Waals surface area contributed by atoms with Crippen LogP contribution in [0.5, 0.6) is 5.75 Å². The summed E-state index contributed by atoms with van der Waals surface area (Å²) in [5, 5.41) is 0. The second-order valence-electron chi connectivity index (χ2n) is 5.92. The minimum Gasteiger partial charge on any atom is -0.495 e. The molecule has 114 valence electrons. The van der Waals surface area contributed by atoms with Gasteiger partial charge in [-0.1, -0.05) is 12.1 Å². The summed E-state index contributed by atoms with van der Waals surface area (Å²) in [7, 11) is 1.73. The van der Waals surface area contributed by atoms with Crippen LogP contribution in [0.1, 0.15) is 13.8 Å². The van der Waals surface area contributed by atoms with Gasteiger partial charge in [-0.3, -0.25) is 4.90 Å².